The molecule has 0 aromatic heterocycles. The van der Waals surface area contributed by atoms with Crippen LogP contribution >= 0.6 is 27.7 Å². The molecule has 0 fully saturated rings. The summed E-state index contributed by atoms with van der Waals surface area (Å²) in [5.41, 5.74) is 2.74. The van der Waals surface area contributed by atoms with Crippen molar-refractivity contribution in [1.82, 2.24) is 9.34 Å². The van der Waals surface area contributed by atoms with E-state index in [4.69, 9.17) is 11.6 Å². The quantitative estimate of drug-likeness (QED) is 0.0645. The van der Waals surface area contributed by atoms with E-state index in [1.165, 1.54) is 60.3 Å². The minimum absolute atomic E-state index is 0. The Labute approximate surface area is 394 Å². The maximum atomic E-state index is 5.82. The van der Waals surface area contributed by atoms with Crippen LogP contribution in [0, 0.1) is 11.8 Å². The van der Waals surface area contributed by atoms with Gasteiger partial charge in [0.2, 0.25) is 0 Å². The van der Waals surface area contributed by atoms with E-state index in [-0.39, 0.29) is 31.6 Å². The number of nitrogens with zero attached hydrogens (tertiary/aromatic N) is 2. The molecule has 8 aromatic carbocycles. The molecule has 6 heteroatoms. The van der Waals surface area contributed by atoms with E-state index in [2.05, 4.69) is 248 Å². The molecular weight excluding hydrogens is 913 g/mol. The molecule has 2 aliphatic rings. The van der Waals surface area contributed by atoms with Crippen LogP contribution in [0.5, 0.6) is 0 Å². The molecule has 0 saturated heterocycles. The number of allylic oxidation sites excluding steroid dienone is 4. The standard InChI is InChI=1S/C50H46N2P2.C7H7Cl.Rh/c1-39(47-35-19-23-41-21-15-17-33-49(41)47)51(53(43-25-7-3-8-26-43)44-27-9-4-10-28-44)37-38-52(40(2)48-36-20-24-42-22-16-18-34-50(42)48)54(45-29-11-5-12-30-45)46-31-13-6-14-32-46;8-7-4-5-1-2-6(7)3-5;/h3-36,39-40H,37-38H2,1-2H3;1-2,4-6H,3H2;/t39-,40-;;/m0../s1. The van der Waals surface area contributed by atoms with Gasteiger partial charge in [0.1, 0.15) is 0 Å². The Hall–Kier alpha value is -4.55. The molecule has 0 N–H and O–H groups in total. The van der Waals surface area contributed by atoms with Gasteiger partial charge in [-0.05, 0) is 80.1 Å². The third kappa shape index (κ3) is 10.2. The Balaban J connectivity index is 0.000000540. The van der Waals surface area contributed by atoms with Gasteiger partial charge in [-0.2, -0.15) is 0 Å². The van der Waals surface area contributed by atoms with Gasteiger partial charge in [-0.1, -0.05) is 236 Å². The largest absolute Gasteiger partial charge is 0.266 e. The number of rotatable bonds is 13. The summed E-state index contributed by atoms with van der Waals surface area (Å²) in [5, 5.41) is 11.7. The summed E-state index contributed by atoms with van der Waals surface area (Å²) in [6.07, 6.45) is 7.81. The van der Waals surface area contributed by atoms with Gasteiger partial charge in [0, 0.05) is 71.7 Å². The molecule has 317 valence electrons. The van der Waals surface area contributed by atoms with E-state index in [1.807, 2.05) is 0 Å². The molecule has 0 amide bonds. The minimum atomic E-state index is -0.879. The zero-order valence-electron chi connectivity index (χ0n) is 35.8. The molecule has 2 bridgehead atoms. The van der Waals surface area contributed by atoms with Gasteiger partial charge in [0.15, 0.2) is 0 Å². The van der Waals surface area contributed by atoms with Crippen molar-refractivity contribution in [2.75, 3.05) is 13.1 Å². The maximum absolute atomic E-state index is 5.82. The summed E-state index contributed by atoms with van der Waals surface area (Å²) in [5.74, 6) is 1.26. The fourth-order valence-electron chi connectivity index (χ4n) is 9.24. The van der Waals surface area contributed by atoms with Crippen molar-refractivity contribution < 1.29 is 19.5 Å². The molecule has 4 atom stereocenters. The molecule has 2 aliphatic carbocycles. The van der Waals surface area contributed by atoms with E-state index in [0.717, 1.165) is 18.1 Å². The van der Waals surface area contributed by atoms with Gasteiger partial charge < -0.3 is 0 Å². The third-order valence-corrected chi connectivity index (χ3v) is 18.0. The van der Waals surface area contributed by atoms with Crippen LogP contribution in [0.25, 0.3) is 21.5 Å². The molecular formula is C57H53ClN2P2Rh. The van der Waals surface area contributed by atoms with E-state index in [0.29, 0.717) is 11.8 Å². The minimum Gasteiger partial charge on any atom is -0.266 e. The van der Waals surface area contributed by atoms with Crippen LogP contribution in [-0.2, 0) is 19.5 Å². The predicted octanol–water partition coefficient (Wildman–Crippen LogP) is 13.8. The second kappa shape index (κ2) is 21.4. The van der Waals surface area contributed by atoms with Crippen molar-refractivity contribution >= 4 is 70.5 Å². The molecule has 10 rings (SSSR count). The van der Waals surface area contributed by atoms with Crippen molar-refractivity contribution in [2.24, 2.45) is 11.8 Å². The Bertz CT molecular complexity index is 2510. The third-order valence-electron chi connectivity index (χ3n) is 12.4. The van der Waals surface area contributed by atoms with Gasteiger partial charge in [0.25, 0.3) is 0 Å². The topological polar surface area (TPSA) is 6.48 Å². The SMILES string of the molecule is C[C@@H](c1cccc2ccccc12)N(CCN([C@@H](C)c1cccc2ccccc12)P(c1ccccc1)c1ccccc1)P(c1ccccc1)c1ccccc1.ClC1=CC2C=CC1C2.[Rh]. The predicted molar refractivity (Wildman–Crippen MR) is 271 cm³/mol. The second-order valence-corrected chi connectivity index (χ2v) is 21.0. The average Bonchev–Trinajstić information content (AvgIpc) is 3.96. The maximum Gasteiger partial charge on any atom is 0.0368 e. The van der Waals surface area contributed by atoms with Crippen molar-refractivity contribution in [2.45, 2.75) is 32.4 Å². The van der Waals surface area contributed by atoms with Crippen LogP contribution in [0.3, 0.4) is 0 Å². The first-order chi connectivity index (χ1) is 30.5. The zero-order chi connectivity index (χ0) is 42.3. The van der Waals surface area contributed by atoms with Crippen LogP contribution in [0.1, 0.15) is 43.5 Å². The zero-order valence-corrected chi connectivity index (χ0v) is 40.0. The normalized spacial score (nSPS) is 16.3. The van der Waals surface area contributed by atoms with E-state index in [1.54, 1.807) is 0 Å². The summed E-state index contributed by atoms with van der Waals surface area (Å²) >= 11 is 5.82. The van der Waals surface area contributed by atoms with Crippen molar-refractivity contribution in [3.8, 4) is 0 Å². The van der Waals surface area contributed by atoms with Crippen molar-refractivity contribution in [3.63, 3.8) is 0 Å². The molecule has 8 aromatic rings. The first-order valence-corrected chi connectivity index (χ1v) is 24.8. The van der Waals surface area contributed by atoms with Crippen molar-refractivity contribution in [1.29, 1.82) is 0 Å². The average molecular weight is 966 g/mol. The van der Waals surface area contributed by atoms with Crippen LogP contribution in [-0.4, -0.2) is 22.4 Å². The smallest absolute Gasteiger partial charge is 0.0368 e. The fourth-order valence-corrected chi connectivity index (χ4v) is 14.7. The van der Waals surface area contributed by atoms with Crippen molar-refractivity contribution in [3.05, 3.63) is 241 Å². The fraction of sp³-hybridized carbons (Fsp3) is 0.158. The van der Waals surface area contributed by atoms with Gasteiger partial charge in [-0.3, -0.25) is 9.34 Å². The summed E-state index contributed by atoms with van der Waals surface area (Å²) in [6.45, 7) is 6.62. The van der Waals surface area contributed by atoms with Crippen LogP contribution < -0.4 is 21.2 Å². The first kappa shape index (κ1) is 45.0. The molecule has 63 heavy (non-hydrogen) atoms. The number of fused-ring (bicyclic) bond motifs is 4. The van der Waals surface area contributed by atoms with E-state index in [9.17, 15) is 0 Å². The molecule has 0 saturated carbocycles. The second-order valence-electron chi connectivity index (χ2n) is 16.2. The monoisotopic (exact) mass is 965 g/mol. The van der Waals surface area contributed by atoms with Gasteiger partial charge in [0.05, 0.1) is 0 Å². The van der Waals surface area contributed by atoms with Gasteiger partial charge in [-0.15, -0.1) is 0 Å². The van der Waals surface area contributed by atoms with Gasteiger partial charge in [-0.25, -0.2) is 0 Å². The summed E-state index contributed by atoms with van der Waals surface area (Å²) in [4.78, 5) is 0. The van der Waals surface area contributed by atoms with Crippen LogP contribution in [0.4, 0.5) is 0 Å². The number of halogens is 1. The Morgan fingerprint density at radius 2 is 0.810 bits per heavy atom. The Morgan fingerprint density at radius 3 is 1.13 bits per heavy atom. The summed E-state index contributed by atoms with van der Waals surface area (Å²) in [7, 11) is -1.76. The van der Waals surface area contributed by atoms with Crippen LogP contribution in [0.2, 0.25) is 0 Å². The number of benzene rings is 8. The summed E-state index contributed by atoms with van der Waals surface area (Å²) < 4.78 is 5.65. The molecule has 2 nitrogen and oxygen atoms in total. The molecule has 1 radical (unpaired) electrons. The molecule has 2 unspecified atom stereocenters. The number of hydrogen-bond donors (Lipinski definition) is 0. The van der Waals surface area contributed by atoms with E-state index < -0.39 is 16.1 Å². The van der Waals surface area contributed by atoms with Gasteiger partial charge >= 0.3 is 0 Å². The Kier molecular flexibility index (Phi) is 15.3. The Morgan fingerprint density at radius 1 is 0.460 bits per heavy atom. The number of hydrogen-bond acceptors (Lipinski definition) is 2. The van der Waals surface area contributed by atoms with Crippen LogP contribution in [0.15, 0.2) is 230 Å². The molecule has 0 heterocycles. The molecule has 0 aliphatic heterocycles. The van der Waals surface area contributed by atoms with E-state index >= 15 is 0 Å². The first-order valence-electron chi connectivity index (χ1n) is 21.9. The summed E-state index contributed by atoms with van der Waals surface area (Å²) in [6, 6.07) is 76.5. The molecule has 0 spiro atoms.